The molecule has 2 rings (SSSR count). The highest BCUT2D eigenvalue weighted by Gasteiger charge is 2.15. The summed E-state index contributed by atoms with van der Waals surface area (Å²) in [6.07, 6.45) is 0. The molecule has 0 saturated carbocycles. The first-order chi connectivity index (χ1) is 9.13. The first-order valence-electron chi connectivity index (χ1n) is 5.22. The number of azo groups is 1. The molecule has 0 aliphatic heterocycles. The lowest BCUT2D eigenvalue weighted by atomic mass is 10.2. The van der Waals surface area contributed by atoms with Crippen LogP contribution in [-0.2, 0) is 0 Å². The molecule has 0 bridgehead atoms. The van der Waals surface area contributed by atoms with Crippen molar-refractivity contribution in [3.05, 3.63) is 17.3 Å². The summed E-state index contributed by atoms with van der Waals surface area (Å²) in [4.78, 5) is 10.9. The lowest BCUT2D eigenvalue weighted by molar-refractivity contribution is 0.961. The Morgan fingerprint density at radius 3 is 2.53 bits per heavy atom. The normalized spacial score (nSPS) is 10.8. The Labute approximate surface area is 112 Å². The van der Waals surface area contributed by atoms with E-state index in [9.17, 15) is 0 Å². The fraction of sp³-hybridized carbons (Fsp3) is 0.300. The number of nitrogens with one attached hydrogen (secondary N) is 1. The highest BCUT2D eigenvalue weighted by molar-refractivity contribution is 7.09. The van der Waals surface area contributed by atoms with Gasteiger partial charge in [0.15, 0.2) is 11.7 Å². The first kappa shape index (κ1) is 12.8. The monoisotopic (exact) mass is 272 g/mol. The Bertz CT molecular complexity index is 684. The van der Waals surface area contributed by atoms with Gasteiger partial charge in [0, 0.05) is 11.5 Å². The number of hydrogen-bond donors (Lipinski definition) is 1. The molecule has 0 aliphatic rings. The van der Waals surface area contributed by atoms with Gasteiger partial charge in [-0.25, -0.2) is 9.97 Å². The van der Waals surface area contributed by atoms with Crippen molar-refractivity contribution in [2.45, 2.75) is 19.8 Å². The summed E-state index contributed by atoms with van der Waals surface area (Å²) in [7, 11) is 0. The van der Waals surface area contributed by atoms with Crippen LogP contribution < -0.4 is 0 Å². The summed E-state index contributed by atoms with van der Waals surface area (Å²) in [5, 5.41) is 25.8. The van der Waals surface area contributed by atoms with Crippen LogP contribution in [0.15, 0.2) is 10.2 Å². The van der Waals surface area contributed by atoms with E-state index in [1.807, 2.05) is 12.1 Å². The van der Waals surface area contributed by atoms with Gasteiger partial charge in [0.2, 0.25) is 5.13 Å². The van der Waals surface area contributed by atoms with Crippen LogP contribution in [0.5, 0.6) is 0 Å². The van der Waals surface area contributed by atoms with Gasteiger partial charge in [0.25, 0.3) is 0 Å². The Morgan fingerprint density at radius 2 is 1.95 bits per heavy atom. The number of H-pyrrole nitrogens is 1. The van der Waals surface area contributed by atoms with Crippen LogP contribution in [0.25, 0.3) is 0 Å². The Hall–Kier alpha value is -2.65. The molecule has 19 heavy (non-hydrogen) atoms. The lowest BCUT2D eigenvalue weighted by Gasteiger charge is -1.90. The minimum atomic E-state index is -0.938. The molecule has 2 heterocycles. The van der Waals surface area contributed by atoms with Gasteiger partial charge in [-0.3, -0.25) is 0 Å². The average Bonchev–Trinajstić information content (AvgIpc) is 2.95. The molecule has 0 amide bonds. The number of aromatic amines is 1. The summed E-state index contributed by atoms with van der Waals surface area (Å²) in [6.45, 7) is 3.50. The van der Waals surface area contributed by atoms with Gasteiger partial charge < -0.3 is 4.98 Å². The number of aryl methyl sites for hydroxylation is 2. The summed E-state index contributed by atoms with van der Waals surface area (Å²) >= 11 is 1.13. The second kappa shape index (κ2) is 5.33. The quantitative estimate of drug-likeness (QED) is 0.858. The van der Waals surface area contributed by atoms with E-state index in [0.29, 0.717) is 22.5 Å². The molecule has 0 fully saturated rings. The number of rotatable bonds is 3. The minimum absolute atomic E-state index is 0.268. The summed E-state index contributed by atoms with van der Waals surface area (Å²) < 4.78 is 3.97. The van der Waals surface area contributed by atoms with E-state index >= 15 is 0 Å². The minimum Gasteiger partial charge on any atom is -0.342 e. The van der Waals surface area contributed by atoms with Crippen LogP contribution in [0.3, 0.4) is 0 Å². The highest BCUT2D eigenvalue weighted by Crippen LogP contribution is 2.23. The molecule has 0 saturated heterocycles. The molecule has 94 valence electrons. The van der Waals surface area contributed by atoms with Crippen molar-refractivity contribution in [2.24, 2.45) is 10.2 Å². The fourth-order valence-electron chi connectivity index (χ4n) is 1.28. The summed E-state index contributed by atoms with van der Waals surface area (Å²) in [6, 6.07) is 3.68. The van der Waals surface area contributed by atoms with Crippen molar-refractivity contribution >= 4 is 22.5 Å². The maximum Gasteiger partial charge on any atom is 0.249 e. The van der Waals surface area contributed by atoms with Gasteiger partial charge in [-0.15, -0.1) is 10.2 Å². The van der Waals surface area contributed by atoms with Crippen molar-refractivity contribution in [1.29, 1.82) is 10.5 Å². The van der Waals surface area contributed by atoms with Gasteiger partial charge in [-0.2, -0.15) is 14.9 Å². The topological polar surface area (TPSA) is 127 Å². The molecule has 0 atom stereocenters. The molecule has 0 spiro atoms. The van der Waals surface area contributed by atoms with E-state index < -0.39 is 5.92 Å². The Balaban J connectivity index is 2.25. The highest BCUT2D eigenvalue weighted by atomic mass is 32.1. The van der Waals surface area contributed by atoms with E-state index in [0.717, 1.165) is 11.5 Å². The van der Waals surface area contributed by atoms with E-state index in [1.54, 1.807) is 13.8 Å². The molecule has 2 aromatic rings. The van der Waals surface area contributed by atoms with Crippen LogP contribution >= 0.6 is 11.5 Å². The van der Waals surface area contributed by atoms with E-state index in [-0.39, 0.29) is 5.82 Å². The predicted octanol–water partition coefficient (Wildman–Crippen LogP) is 2.42. The van der Waals surface area contributed by atoms with Crippen molar-refractivity contribution < 1.29 is 0 Å². The van der Waals surface area contributed by atoms with E-state index in [1.165, 1.54) is 0 Å². The van der Waals surface area contributed by atoms with Crippen LogP contribution in [0.4, 0.5) is 10.9 Å². The average molecular weight is 272 g/mol. The number of nitriles is 2. The van der Waals surface area contributed by atoms with Gasteiger partial charge >= 0.3 is 0 Å². The number of aromatic nitrogens is 4. The lowest BCUT2D eigenvalue weighted by Crippen LogP contribution is -1.94. The number of hydrogen-bond acceptors (Lipinski definition) is 8. The molecule has 9 heteroatoms. The van der Waals surface area contributed by atoms with Crippen LogP contribution in [0, 0.1) is 36.5 Å². The van der Waals surface area contributed by atoms with Gasteiger partial charge in [-0.1, -0.05) is 0 Å². The van der Waals surface area contributed by atoms with Gasteiger partial charge in [0.05, 0.1) is 17.8 Å². The van der Waals surface area contributed by atoms with Crippen LogP contribution in [-0.4, -0.2) is 19.3 Å². The molecule has 0 unspecified atom stereocenters. The fourth-order valence-corrected chi connectivity index (χ4v) is 1.78. The summed E-state index contributed by atoms with van der Waals surface area (Å²) in [5.74, 6) is 0.294. The molecule has 2 aromatic heterocycles. The molecule has 1 N–H and O–H groups in total. The third-order valence-electron chi connectivity index (χ3n) is 2.16. The molecular formula is C10H8N8S. The van der Waals surface area contributed by atoms with Gasteiger partial charge in [0.1, 0.15) is 11.6 Å². The summed E-state index contributed by atoms with van der Waals surface area (Å²) in [5.41, 5.74) is 0.635. The van der Waals surface area contributed by atoms with Crippen LogP contribution in [0.1, 0.15) is 23.3 Å². The van der Waals surface area contributed by atoms with E-state index in [2.05, 4.69) is 29.6 Å². The zero-order valence-corrected chi connectivity index (χ0v) is 10.9. The van der Waals surface area contributed by atoms with Crippen molar-refractivity contribution in [3.63, 3.8) is 0 Å². The van der Waals surface area contributed by atoms with Crippen molar-refractivity contribution in [1.82, 2.24) is 19.3 Å². The maximum atomic E-state index is 8.79. The molecule has 0 aromatic carbocycles. The van der Waals surface area contributed by atoms with Crippen molar-refractivity contribution in [3.8, 4) is 12.1 Å². The molecule has 8 nitrogen and oxygen atoms in total. The predicted molar refractivity (Wildman–Crippen MR) is 66.1 cm³/mol. The second-order valence-corrected chi connectivity index (χ2v) is 4.32. The number of imidazole rings is 1. The van der Waals surface area contributed by atoms with Gasteiger partial charge in [-0.05, 0) is 13.8 Å². The SMILES string of the molecule is Cc1nsc(N=Nc2nc(C(C#N)C#N)[nH]c2C)n1. The van der Waals surface area contributed by atoms with Crippen LogP contribution in [0.2, 0.25) is 0 Å². The third kappa shape index (κ3) is 2.78. The number of nitrogens with zero attached hydrogens (tertiary/aromatic N) is 7. The molecule has 0 aliphatic carbocycles. The van der Waals surface area contributed by atoms with Crippen molar-refractivity contribution in [2.75, 3.05) is 0 Å². The standard InChI is InChI=1S/C10H8N8S/c1-5-8(15-9(13-5)7(3-11)4-12)16-17-10-14-6(2)18-19-10/h7H,1-2H3,(H,13,15). The molecular weight excluding hydrogens is 264 g/mol. The first-order valence-corrected chi connectivity index (χ1v) is 5.99. The Morgan fingerprint density at radius 1 is 1.21 bits per heavy atom. The second-order valence-electron chi connectivity index (χ2n) is 3.59. The zero-order chi connectivity index (χ0) is 13.8. The molecule has 0 radical (unpaired) electrons. The third-order valence-corrected chi connectivity index (χ3v) is 2.85. The smallest absolute Gasteiger partial charge is 0.249 e. The largest absolute Gasteiger partial charge is 0.342 e. The maximum absolute atomic E-state index is 8.79. The zero-order valence-electron chi connectivity index (χ0n) is 10.1. The Kier molecular flexibility index (Phi) is 3.59. The van der Waals surface area contributed by atoms with E-state index in [4.69, 9.17) is 10.5 Å².